The van der Waals surface area contributed by atoms with Crippen molar-refractivity contribution < 1.29 is 24.6 Å². The van der Waals surface area contributed by atoms with Gasteiger partial charge < -0.3 is 15.5 Å². The first-order valence-corrected chi connectivity index (χ1v) is 9.27. The minimum Gasteiger partial charge on any atom is -0.479 e. The maximum absolute atomic E-state index is 11.9. The molecule has 2 rings (SSSR count). The van der Waals surface area contributed by atoms with Crippen LogP contribution in [0.25, 0.3) is 11.1 Å². The van der Waals surface area contributed by atoms with E-state index < -0.39 is 29.8 Å². The van der Waals surface area contributed by atoms with E-state index in [1.807, 2.05) is 42.5 Å². The lowest BCUT2D eigenvalue weighted by Gasteiger charge is -2.20. The summed E-state index contributed by atoms with van der Waals surface area (Å²) in [6.45, 7) is 1.57. The summed E-state index contributed by atoms with van der Waals surface area (Å²) < 4.78 is 0. The molecule has 28 heavy (non-hydrogen) atoms. The van der Waals surface area contributed by atoms with E-state index >= 15 is 0 Å². The number of rotatable bonds is 9. The molecule has 0 spiro atoms. The number of carbonyl (C=O) groups excluding carboxylic acids is 2. The highest BCUT2D eigenvalue weighted by Crippen LogP contribution is 2.23. The first-order chi connectivity index (χ1) is 13.3. The van der Waals surface area contributed by atoms with Gasteiger partial charge in [0.05, 0.1) is 0 Å². The zero-order chi connectivity index (χ0) is 20.7. The highest BCUT2D eigenvalue weighted by atomic mass is 35.5. The first-order valence-electron chi connectivity index (χ1n) is 8.89. The molecule has 3 N–H and O–H groups in total. The number of nitrogens with one attached hydrogen (secondary N) is 1. The number of carboxylic acids is 1. The molecule has 0 bridgehead atoms. The third-order valence-electron chi connectivity index (χ3n) is 4.30. The van der Waals surface area contributed by atoms with Gasteiger partial charge in [-0.3, -0.25) is 9.59 Å². The summed E-state index contributed by atoms with van der Waals surface area (Å²) in [5, 5.41) is 21.7. The van der Waals surface area contributed by atoms with E-state index in [0.717, 1.165) is 16.7 Å². The number of aliphatic carboxylic acids is 1. The van der Waals surface area contributed by atoms with Crippen molar-refractivity contribution in [3.8, 4) is 11.1 Å². The molecule has 2 aromatic carbocycles. The third kappa shape index (κ3) is 6.18. The number of carboxylic acid groups (broad SMARTS) is 1. The second kappa shape index (κ2) is 10.0. The van der Waals surface area contributed by atoms with Crippen LogP contribution in [0.15, 0.2) is 48.5 Å². The quantitative estimate of drug-likeness (QED) is 0.558. The van der Waals surface area contributed by atoms with Crippen LogP contribution in [0, 0.1) is 0 Å². The summed E-state index contributed by atoms with van der Waals surface area (Å²) in [4.78, 5) is 34.4. The van der Waals surface area contributed by atoms with Gasteiger partial charge in [-0.25, -0.2) is 4.79 Å². The third-order valence-corrected chi connectivity index (χ3v) is 4.53. The molecule has 0 aliphatic carbocycles. The monoisotopic (exact) mass is 403 g/mol. The maximum Gasteiger partial charge on any atom is 0.332 e. The van der Waals surface area contributed by atoms with Gasteiger partial charge in [0.15, 0.2) is 6.10 Å². The van der Waals surface area contributed by atoms with Crippen LogP contribution in [0.4, 0.5) is 0 Å². The molecule has 2 unspecified atom stereocenters. The fourth-order valence-electron chi connectivity index (χ4n) is 2.78. The zero-order valence-electron chi connectivity index (χ0n) is 15.4. The van der Waals surface area contributed by atoms with E-state index in [0.29, 0.717) is 5.02 Å². The Labute approximate surface area is 168 Å². The highest BCUT2D eigenvalue weighted by Gasteiger charge is 2.23. The Bertz CT molecular complexity index is 850. The topological polar surface area (TPSA) is 104 Å². The molecule has 0 heterocycles. The molecule has 2 aromatic rings. The van der Waals surface area contributed by atoms with Crippen LogP contribution in [-0.2, 0) is 20.8 Å². The average Bonchev–Trinajstić information content (AvgIpc) is 2.67. The smallest absolute Gasteiger partial charge is 0.332 e. The van der Waals surface area contributed by atoms with E-state index in [1.165, 1.54) is 0 Å². The first kappa shape index (κ1) is 21.6. The largest absolute Gasteiger partial charge is 0.479 e. The number of hydrogen-bond acceptors (Lipinski definition) is 4. The molecule has 0 aliphatic heterocycles. The van der Waals surface area contributed by atoms with Gasteiger partial charge in [-0.2, -0.15) is 0 Å². The van der Waals surface area contributed by atoms with Crippen molar-refractivity contribution in [2.75, 3.05) is 0 Å². The molecule has 0 saturated carbocycles. The number of halogens is 1. The standard InChI is InChI=1S/C21H22ClNO5/c1-2-18(24)20(26)23-17(12-19(25)21(27)28)10-13-6-8-14(9-7-13)15-4-3-5-16(22)11-15/h3-9,11,17,19,25H,2,10,12H2,1H3,(H,23,26)(H,27,28). The minimum atomic E-state index is -1.63. The molecule has 2 atom stereocenters. The molecule has 7 heteroatoms. The SMILES string of the molecule is CCC(=O)C(=O)NC(Cc1ccc(-c2cccc(Cl)c2)cc1)CC(O)C(=O)O. The predicted molar refractivity (Wildman–Crippen MR) is 106 cm³/mol. The molecule has 0 fully saturated rings. The van der Waals surface area contributed by atoms with Gasteiger partial charge in [0.2, 0.25) is 5.78 Å². The lowest BCUT2D eigenvalue weighted by molar-refractivity contribution is -0.147. The predicted octanol–water partition coefficient (Wildman–Crippen LogP) is 2.85. The van der Waals surface area contributed by atoms with Gasteiger partial charge in [0.25, 0.3) is 5.91 Å². The lowest BCUT2D eigenvalue weighted by Crippen LogP contribution is -2.43. The Hall–Kier alpha value is -2.70. The van der Waals surface area contributed by atoms with E-state index in [9.17, 15) is 19.5 Å². The van der Waals surface area contributed by atoms with Crippen LogP contribution in [0.5, 0.6) is 0 Å². The Morgan fingerprint density at radius 1 is 1.07 bits per heavy atom. The Balaban J connectivity index is 2.14. The van der Waals surface area contributed by atoms with Crippen molar-refractivity contribution in [1.82, 2.24) is 5.32 Å². The number of aliphatic hydroxyl groups is 1. The van der Waals surface area contributed by atoms with Crippen molar-refractivity contribution in [2.45, 2.75) is 38.3 Å². The van der Waals surface area contributed by atoms with E-state index in [-0.39, 0.29) is 19.3 Å². The maximum atomic E-state index is 11.9. The summed E-state index contributed by atoms with van der Waals surface area (Å²) in [6, 6.07) is 14.2. The second-order valence-corrected chi connectivity index (χ2v) is 6.88. The van der Waals surface area contributed by atoms with Crippen molar-refractivity contribution in [3.63, 3.8) is 0 Å². The molecular weight excluding hydrogens is 382 g/mol. The van der Waals surface area contributed by atoms with Crippen LogP contribution >= 0.6 is 11.6 Å². The number of carbonyl (C=O) groups is 3. The van der Waals surface area contributed by atoms with Gasteiger partial charge >= 0.3 is 5.97 Å². The van der Waals surface area contributed by atoms with Crippen LogP contribution in [-0.4, -0.2) is 40.0 Å². The van der Waals surface area contributed by atoms with Crippen molar-refractivity contribution in [3.05, 3.63) is 59.1 Å². The van der Waals surface area contributed by atoms with E-state index in [2.05, 4.69) is 5.32 Å². The number of hydrogen-bond donors (Lipinski definition) is 3. The molecular formula is C21H22ClNO5. The molecule has 6 nitrogen and oxygen atoms in total. The molecule has 0 aromatic heterocycles. The highest BCUT2D eigenvalue weighted by molar-refractivity contribution is 6.36. The van der Waals surface area contributed by atoms with Gasteiger partial charge in [-0.1, -0.05) is 54.9 Å². The molecule has 0 aliphatic rings. The van der Waals surface area contributed by atoms with Crippen molar-refractivity contribution >= 4 is 29.3 Å². The van der Waals surface area contributed by atoms with Crippen LogP contribution in [0.1, 0.15) is 25.3 Å². The summed E-state index contributed by atoms with van der Waals surface area (Å²) >= 11 is 6.02. The summed E-state index contributed by atoms with van der Waals surface area (Å²) in [5.74, 6) is -2.75. The van der Waals surface area contributed by atoms with Gasteiger partial charge in [0, 0.05) is 23.9 Å². The van der Waals surface area contributed by atoms with Crippen LogP contribution in [0.2, 0.25) is 5.02 Å². The molecule has 148 valence electrons. The van der Waals surface area contributed by atoms with Crippen molar-refractivity contribution in [1.29, 1.82) is 0 Å². The number of aliphatic hydroxyl groups excluding tert-OH is 1. The summed E-state index contributed by atoms with van der Waals surface area (Å²) in [6.07, 6.45) is -1.50. The summed E-state index contributed by atoms with van der Waals surface area (Å²) in [7, 11) is 0. The second-order valence-electron chi connectivity index (χ2n) is 6.45. The molecule has 0 radical (unpaired) electrons. The normalized spacial score (nSPS) is 12.8. The number of benzene rings is 2. The number of Topliss-reactive ketones (excluding diaryl/α,β-unsaturated/α-hetero) is 1. The Morgan fingerprint density at radius 3 is 2.32 bits per heavy atom. The number of ketones is 1. The van der Waals surface area contributed by atoms with E-state index in [1.54, 1.807) is 13.0 Å². The minimum absolute atomic E-state index is 0.0500. The van der Waals surface area contributed by atoms with Crippen LogP contribution < -0.4 is 5.32 Å². The Kier molecular flexibility index (Phi) is 7.72. The number of amides is 1. The molecule has 0 saturated heterocycles. The van der Waals surface area contributed by atoms with Gasteiger partial charge in [-0.15, -0.1) is 0 Å². The molecule has 1 amide bonds. The fourth-order valence-corrected chi connectivity index (χ4v) is 2.97. The zero-order valence-corrected chi connectivity index (χ0v) is 16.1. The fraction of sp³-hybridized carbons (Fsp3) is 0.286. The average molecular weight is 404 g/mol. The van der Waals surface area contributed by atoms with Gasteiger partial charge in [0.1, 0.15) is 0 Å². The van der Waals surface area contributed by atoms with E-state index in [4.69, 9.17) is 16.7 Å². The van der Waals surface area contributed by atoms with Gasteiger partial charge in [-0.05, 0) is 35.2 Å². The lowest BCUT2D eigenvalue weighted by atomic mass is 9.97. The summed E-state index contributed by atoms with van der Waals surface area (Å²) in [5.41, 5.74) is 2.75. The van der Waals surface area contributed by atoms with Crippen molar-refractivity contribution in [2.24, 2.45) is 0 Å². The van der Waals surface area contributed by atoms with Crippen LogP contribution in [0.3, 0.4) is 0 Å². The Morgan fingerprint density at radius 2 is 1.75 bits per heavy atom.